The largest absolute Gasteiger partial charge is 0.450 e. The van der Waals surface area contributed by atoms with Crippen molar-refractivity contribution in [2.24, 2.45) is 0 Å². The third-order valence-electron chi connectivity index (χ3n) is 3.33. The minimum Gasteiger partial charge on any atom is -0.450 e. The molecule has 0 fully saturated rings. The first-order chi connectivity index (χ1) is 11.0. The predicted octanol–water partition coefficient (Wildman–Crippen LogP) is 4.61. The number of aryl methyl sites for hydroxylation is 1. The third kappa shape index (κ3) is 3.84. The van der Waals surface area contributed by atoms with Crippen molar-refractivity contribution in [3.05, 3.63) is 26.6 Å². The molecule has 8 heteroatoms. The molecule has 0 spiro atoms. The van der Waals surface area contributed by atoms with E-state index in [1.54, 1.807) is 6.92 Å². The Morgan fingerprint density at radius 2 is 2.17 bits per heavy atom. The zero-order valence-corrected chi connectivity index (χ0v) is 14.5. The van der Waals surface area contributed by atoms with Crippen LogP contribution in [0.25, 0.3) is 10.2 Å². The van der Waals surface area contributed by atoms with Crippen molar-refractivity contribution in [1.29, 1.82) is 0 Å². The van der Waals surface area contributed by atoms with Crippen LogP contribution in [0.15, 0.2) is 10.9 Å². The van der Waals surface area contributed by atoms with Crippen LogP contribution in [0.2, 0.25) is 5.02 Å². The molecule has 1 amide bonds. The summed E-state index contributed by atoms with van der Waals surface area (Å²) in [4.78, 5) is 23.6. The normalized spacial score (nSPS) is 11.0. The van der Waals surface area contributed by atoms with Crippen molar-refractivity contribution in [2.45, 2.75) is 39.7 Å². The van der Waals surface area contributed by atoms with E-state index in [0.29, 0.717) is 16.8 Å². The molecule has 0 saturated carbocycles. The highest BCUT2D eigenvalue weighted by Crippen LogP contribution is 2.35. The molecule has 2 aromatic rings. The Balaban J connectivity index is 2.50. The summed E-state index contributed by atoms with van der Waals surface area (Å²) in [6.45, 7) is 4.39. The number of rotatable bonds is 6. The lowest BCUT2D eigenvalue weighted by molar-refractivity contribution is 0.168. The van der Waals surface area contributed by atoms with Gasteiger partial charge in [0, 0.05) is 6.54 Å². The minimum atomic E-state index is -0.770. The SMILES string of the molecule is CCCCCn1c(=O)sc2c(NC(=O)OCC)c(F)cc(Cl)c21. The number of benzene rings is 1. The summed E-state index contributed by atoms with van der Waals surface area (Å²) in [7, 11) is 0. The average Bonchev–Trinajstić information content (AvgIpc) is 2.81. The van der Waals surface area contributed by atoms with Crippen LogP contribution in [0.4, 0.5) is 14.9 Å². The molecule has 0 saturated heterocycles. The summed E-state index contributed by atoms with van der Waals surface area (Å²) in [6.07, 6.45) is 2.07. The van der Waals surface area contributed by atoms with Gasteiger partial charge in [0.05, 0.1) is 27.5 Å². The van der Waals surface area contributed by atoms with Crippen LogP contribution in [-0.2, 0) is 11.3 Å². The number of carbonyl (C=O) groups excluding carboxylic acids is 1. The van der Waals surface area contributed by atoms with Gasteiger partial charge >= 0.3 is 11.0 Å². The van der Waals surface area contributed by atoms with Gasteiger partial charge in [-0.1, -0.05) is 42.7 Å². The molecule has 0 atom stereocenters. The molecular formula is C15H18ClFN2O3S. The van der Waals surface area contributed by atoms with Crippen LogP contribution in [0, 0.1) is 5.82 Å². The highest BCUT2D eigenvalue weighted by Gasteiger charge is 2.20. The van der Waals surface area contributed by atoms with Crippen molar-refractivity contribution >= 4 is 44.9 Å². The summed E-state index contributed by atoms with van der Waals surface area (Å²) in [5.41, 5.74) is 0.380. The van der Waals surface area contributed by atoms with Crippen LogP contribution < -0.4 is 10.2 Å². The highest BCUT2D eigenvalue weighted by atomic mass is 35.5. The van der Waals surface area contributed by atoms with E-state index in [1.165, 1.54) is 4.57 Å². The number of hydrogen-bond acceptors (Lipinski definition) is 4. The predicted molar refractivity (Wildman–Crippen MR) is 91.2 cm³/mol. The summed E-state index contributed by atoms with van der Waals surface area (Å²) in [6, 6.07) is 1.11. The molecule has 0 radical (unpaired) electrons. The summed E-state index contributed by atoms with van der Waals surface area (Å²) >= 11 is 6.99. The zero-order chi connectivity index (χ0) is 17.0. The van der Waals surface area contributed by atoms with E-state index < -0.39 is 11.9 Å². The van der Waals surface area contributed by atoms with E-state index in [9.17, 15) is 14.0 Å². The van der Waals surface area contributed by atoms with E-state index in [1.807, 2.05) is 0 Å². The van der Waals surface area contributed by atoms with Gasteiger partial charge in [-0.25, -0.2) is 9.18 Å². The zero-order valence-electron chi connectivity index (χ0n) is 12.9. The Bertz CT molecular complexity index is 772. The van der Waals surface area contributed by atoms with Crippen LogP contribution in [0.3, 0.4) is 0 Å². The first kappa shape index (κ1) is 17.7. The molecule has 1 aromatic carbocycles. The fourth-order valence-electron chi connectivity index (χ4n) is 2.28. The van der Waals surface area contributed by atoms with E-state index in [-0.39, 0.29) is 22.2 Å². The van der Waals surface area contributed by atoms with E-state index in [4.69, 9.17) is 16.3 Å². The van der Waals surface area contributed by atoms with Gasteiger partial charge in [-0.05, 0) is 19.4 Å². The van der Waals surface area contributed by atoms with Gasteiger partial charge in [0.2, 0.25) is 0 Å². The maximum atomic E-state index is 14.2. The topological polar surface area (TPSA) is 60.3 Å². The number of unbranched alkanes of at least 4 members (excludes halogenated alkanes) is 2. The minimum absolute atomic E-state index is 0.0702. The van der Waals surface area contributed by atoms with Gasteiger partial charge in [0.1, 0.15) is 5.82 Å². The van der Waals surface area contributed by atoms with Crippen molar-refractivity contribution in [3.8, 4) is 0 Å². The Morgan fingerprint density at radius 1 is 1.43 bits per heavy atom. The fourth-order valence-corrected chi connectivity index (χ4v) is 3.66. The Labute approximate surface area is 142 Å². The maximum Gasteiger partial charge on any atom is 0.411 e. The van der Waals surface area contributed by atoms with Crippen LogP contribution >= 0.6 is 22.9 Å². The first-order valence-corrected chi connectivity index (χ1v) is 8.64. The monoisotopic (exact) mass is 360 g/mol. The third-order valence-corrected chi connectivity index (χ3v) is 4.61. The van der Waals surface area contributed by atoms with Crippen LogP contribution in [0.5, 0.6) is 0 Å². The molecule has 0 bridgehead atoms. The van der Waals surface area contributed by atoms with E-state index in [0.717, 1.165) is 36.7 Å². The maximum absolute atomic E-state index is 14.2. The molecule has 1 heterocycles. The molecule has 5 nitrogen and oxygen atoms in total. The molecule has 2 rings (SSSR count). The molecule has 0 aliphatic heterocycles. The molecule has 1 aromatic heterocycles. The molecule has 1 N–H and O–H groups in total. The van der Waals surface area contributed by atoms with Crippen molar-refractivity contribution in [1.82, 2.24) is 4.57 Å². The smallest absolute Gasteiger partial charge is 0.411 e. The van der Waals surface area contributed by atoms with Gasteiger partial charge in [-0.15, -0.1) is 0 Å². The van der Waals surface area contributed by atoms with Crippen molar-refractivity contribution in [3.63, 3.8) is 0 Å². The number of anilines is 1. The summed E-state index contributed by atoms with van der Waals surface area (Å²) in [5, 5.41) is 2.51. The summed E-state index contributed by atoms with van der Waals surface area (Å²) < 4.78 is 20.8. The second kappa shape index (κ2) is 7.79. The number of nitrogens with one attached hydrogen (secondary N) is 1. The van der Waals surface area contributed by atoms with Gasteiger partial charge < -0.3 is 4.74 Å². The van der Waals surface area contributed by atoms with Gasteiger partial charge in [0.15, 0.2) is 0 Å². The molecule has 0 aliphatic carbocycles. The Kier molecular flexibility index (Phi) is 6.01. The number of aromatic nitrogens is 1. The molecule has 23 heavy (non-hydrogen) atoms. The Hall–Kier alpha value is -1.60. The number of thiazole rings is 1. The van der Waals surface area contributed by atoms with E-state index in [2.05, 4.69) is 12.2 Å². The summed E-state index contributed by atoms with van der Waals surface area (Å²) in [5.74, 6) is -0.697. The van der Waals surface area contributed by atoms with Crippen molar-refractivity contribution in [2.75, 3.05) is 11.9 Å². The van der Waals surface area contributed by atoms with Gasteiger partial charge in [-0.3, -0.25) is 14.7 Å². The average molecular weight is 361 g/mol. The first-order valence-electron chi connectivity index (χ1n) is 7.44. The van der Waals surface area contributed by atoms with Crippen LogP contribution in [-0.4, -0.2) is 17.3 Å². The number of hydrogen-bond donors (Lipinski definition) is 1. The quantitative estimate of drug-likeness (QED) is 0.765. The number of amides is 1. The van der Waals surface area contributed by atoms with Crippen LogP contribution in [0.1, 0.15) is 33.1 Å². The molecule has 126 valence electrons. The fraction of sp³-hybridized carbons (Fsp3) is 0.467. The second-order valence-electron chi connectivity index (χ2n) is 4.97. The van der Waals surface area contributed by atoms with Gasteiger partial charge in [-0.2, -0.15) is 0 Å². The lowest BCUT2D eigenvalue weighted by Gasteiger charge is -2.10. The number of ether oxygens (including phenoxy) is 1. The van der Waals surface area contributed by atoms with Crippen molar-refractivity contribution < 1.29 is 13.9 Å². The lowest BCUT2D eigenvalue weighted by atomic mass is 10.2. The molecular weight excluding hydrogens is 343 g/mol. The lowest BCUT2D eigenvalue weighted by Crippen LogP contribution is -2.15. The molecule has 0 unspecified atom stereocenters. The van der Waals surface area contributed by atoms with Gasteiger partial charge in [0.25, 0.3) is 0 Å². The number of nitrogens with zero attached hydrogens (tertiary/aromatic N) is 1. The standard InChI is InChI=1S/C15H18ClFN2O3S/c1-3-5-6-7-19-12-9(16)8-10(17)11(13(12)23-15(19)21)18-14(20)22-4-2/h8H,3-7H2,1-2H3,(H,18,20). The second-order valence-corrected chi connectivity index (χ2v) is 6.33. The highest BCUT2D eigenvalue weighted by molar-refractivity contribution is 7.17. The number of fused-ring (bicyclic) bond motifs is 1. The van der Waals surface area contributed by atoms with E-state index >= 15 is 0 Å². The number of carbonyl (C=O) groups is 1. The Morgan fingerprint density at radius 3 is 2.83 bits per heavy atom. The molecule has 0 aliphatic rings. The number of halogens is 2.